The molecule has 7 heteroatoms. The van der Waals surface area contributed by atoms with E-state index < -0.39 is 11.7 Å². The minimum atomic E-state index is -4.35. The zero-order valence-corrected chi connectivity index (χ0v) is 22.4. The van der Waals surface area contributed by atoms with Crippen LogP contribution in [-0.4, -0.2) is 36.3 Å². The van der Waals surface area contributed by atoms with Gasteiger partial charge in [-0.3, -0.25) is 0 Å². The normalized spacial score (nSPS) is 18.9. The molecule has 1 fully saturated rings. The van der Waals surface area contributed by atoms with Crippen LogP contribution in [-0.2, 0) is 10.5 Å². The molecule has 0 amide bonds. The van der Waals surface area contributed by atoms with E-state index in [1.165, 1.54) is 12.1 Å². The quantitative estimate of drug-likeness (QED) is 0.267. The Kier molecular flexibility index (Phi) is 8.21. The van der Waals surface area contributed by atoms with Crippen molar-refractivity contribution < 1.29 is 27.4 Å². The summed E-state index contributed by atoms with van der Waals surface area (Å²) in [5.74, 6) is 1.90. The molecule has 0 N–H and O–H groups in total. The van der Waals surface area contributed by atoms with Crippen LogP contribution in [0.4, 0.5) is 13.2 Å². The molecule has 1 heterocycles. The van der Waals surface area contributed by atoms with E-state index in [2.05, 4.69) is 12.1 Å². The topological polar surface area (TPSA) is 27.7 Å². The number of ether oxygens (including phenoxy) is 3. The summed E-state index contributed by atoms with van der Waals surface area (Å²) in [7, 11) is 4.87. The summed E-state index contributed by atoms with van der Waals surface area (Å²) in [6.07, 6.45) is -0.432. The molecule has 0 aliphatic carbocycles. The number of halogens is 3. The average Bonchev–Trinajstić information content (AvgIpc) is 2.91. The first-order valence-corrected chi connectivity index (χ1v) is 14.0. The minimum absolute atomic E-state index is 0.0794. The van der Waals surface area contributed by atoms with E-state index in [-0.39, 0.29) is 25.2 Å². The Labute approximate surface area is 217 Å². The summed E-state index contributed by atoms with van der Waals surface area (Å²) in [5, 5.41) is 1.10. The number of hydrogen-bond acceptors (Lipinski definition) is 3. The Bertz CT molecular complexity index is 1120. The number of methoxy groups -OCH3 is 3. The van der Waals surface area contributed by atoms with Gasteiger partial charge in [0.1, 0.15) is 0 Å². The molecule has 36 heavy (non-hydrogen) atoms. The van der Waals surface area contributed by atoms with Gasteiger partial charge in [-0.1, -0.05) is 0 Å². The van der Waals surface area contributed by atoms with Crippen LogP contribution >= 0.6 is 0 Å². The van der Waals surface area contributed by atoms with Crippen molar-refractivity contribution in [1.82, 2.24) is 0 Å². The van der Waals surface area contributed by atoms with Gasteiger partial charge in [0.25, 0.3) is 0 Å². The fourth-order valence-corrected chi connectivity index (χ4v) is 8.49. The number of alkyl halides is 3. The van der Waals surface area contributed by atoms with E-state index >= 15 is 0 Å². The Morgan fingerprint density at radius 3 is 2.00 bits per heavy atom. The predicted octanol–water partition coefficient (Wildman–Crippen LogP) is 7.46. The van der Waals surface area contributed by atoms with Crippen LogP contribution in [0.3, 0.4) is 0 Å². The van der Waals surface area contributed by atoms with Gasteiger partial charge < -0.3 is 0 Å². The summed E-state index contributed by atoms with van der Waals surface area (Å²) in [4.78, 5) is 0. The van der Waals surface area contributed by atoms with Crippen LogP contribution in [0.2, 0.25) is 5.32 Å². The Morgan fingerprint density at radius 1 is 0.861 bits per heavy atom. The van der Waals surface area contributed by atoms with Crippen molar-refractivity contribution in [2.45, 2.75) is 47.4 Å². The third-order valence-corrected chi connectivity index (χ3v) is 10.4. The average molecular weight is 564 g/mol. The summed E-state index contributed by atoms with van der Waals surface area (Å²) in [6.45, 7) is 0. The SMILES string of the molecule is COc1cc(OC)c(C(CC2(c3ccc(C(F)(F)F)cc3)CCCC[Se]2)c2ccccc2)c(OC)c1. The van der Waals surface area contributed by atoms with Crippen molar-refractivity contribution in [2.75, 3.05) is 21.3 Å². The zero-order chi connectivity index (χ0) is 25.8. The molecule has 2 atom stereocenters. The molecule has 3 nitrogen and oxygen atoms in total. The van der Waals surface area contributed by atoms with Gasteiger partial charge in [-0.2, -0.15) is 0 Å². The Balaban J connectivity index is 1.86. The fraction of sp³-hybridized carbons (Fsp3) is 0.379. The van der Waals surface area contributed by atoms with E-state index in [0.29, 0.717) is 17.2 Å². The monoisotopic (exact) mass is 564 g/mol. The molecule has 0 spiro atoms. The maximum absolute atomic E-state index is 13.3. The van der Waals surface area contributed by atoms with E-state index in [9.17, 15) is 13.2 Å². The Hall–Kier alpha value is -2.63. The van der Waals surface area contributed by atoms with Gasteiger partial charge in [-0.25, -0.2) is 0 Å². The number of hydrogen-bond donors (Lipinski definition) is 0. The van der Waals surface area contributed by atoms with E-state index in [4.69, 9.17) is 14.2 Å². The number of benzene rings is 3. The van der Waals surface area contributed by atoms with Crippen LogP contribution in [0.25, 0.3) is 0 Å². The number of rotatable bonds is 8. The standard InChI is InChI=1S/C29H31F3O3Se/c1-33-23-17-25(34-2)27(26(18-23)35-3)24(20-9-5-4-6-10-20)19-28(15-7-8-16-36-28)21-11-13-22(14-12-21)29(30,31)32/h4-6,9-14,17-18,24H,7-8,15-16,19H2,1-3H3. The van der Waals surface area contributed by atoms with Gasteiger partial charge in [0.15, 0.2) is 0 Å². The molecule has 2 unspecified atom stereocenters. The first kappa shape index (κ1) is 26.4. The van der Waals surface area contributed by atoms with Crippen molar-refractivity contribution in [3.63, 3.8) is 0 Å². The molecule has 1 saturated heterocycles. The molecule has 3 aromatic carbocycles. The van der Waals surface area contributed by atoms with Gasteiger partial charge in [0, 0.05) is 0 Å². The third kappa shape index (κ3) is 5.52. The molecule has 0 radical (unpaired) electrons. The second-order valence-electron chi connectivity index (χ2n) is 8.99. The van der Waals surface area contributed by atoms with Crippen molar-refractivity contribution in [1.29, 1.82) is 0 Å². The van der Waals surface area contributed by atoms with Crippen LogP contribution in [0, 0.1) is 0 Å². The molecule has 0 bridgehead atoms. The van der Waals surface area contributed by atoms with Crippen LogP contribution in [0.15, 0.2) is 66.7 Å². The molecule has 1 aliphatic rings. The molecule has 0 saturated carbocycles. The zero-order valence-electron chi connectivity index (χ0n) is 20.7. The van der Waals surface area contributed by atoms with Gasteiger partial charge in [-0.15, -0.1) is 0 Å². The second-order valence-corrected chi connectivity index (χ2v) is 12.1. The molecule has 192 valence electrons. The van der Waals surface area contributed by atoms with Gasteiger partial charge in [0.05, 0.1) is 0 Å². The summed E-state index contributed by atoms with van der Waals surface area (Å²) >= 11 is 0.227. The van der Waals surface area contributed by atoms with E-state index in [1.54, 1.807) is 33.5 Å². The Morgan fingerprint density at radius 2 is 1.50 bits per heavy atom. The fourth-order valence-electron chi connectivity index (χ4n) is 5.10. The summed E-state index contributed by atoms with van der Waals surface area (Å²) in [5.41, 5.74) is 2.43. The molecule has 0 aromatic heterocycles. The third-order valence-electron chi connectivity index (χ3n) is 6.93. The molecule has 1 aliphatic heterocycles. The molecular formula is C29H31F3O3Se. The van der Waals surface area contributed by atoms with E-state index in [0.717, 1.165) is 47.7 Å². The van der Waals surface area contributed by atoms with Gasteiger partial charge >= 0.3 is 217 Å². The summed E-state index contributed by atoms with van der Waals surface area (Å²) < 4.78 is 56.8. The van der Waals surface area contributed by atoms with Crippen LogP contribution in [0.1, 0.15) is 53.9 Å². The maximum atomic E-state index is 13.3. The predicted molar refractivity (Wildman–Crippen MR) is 137 cm³/mol. The summed E-state index contributed by atoms with van der Waals surface area (Å²) in [6, 6.07) is 19.8. The van der Waals surface area contributed by atoms with Gasteiger partial charge in [-0.05, 0) is 0 Å². The first-order chi connectivity index (χ1) is 17.3. The first-order valence-electron chi connectivity index (χ1n) is 12.0. The van der Waals surface area contributed by atoms with Crippen molar-refractivity contribution in [2.24, 2.45) is 0 Å². The van der Waals surface area contributed by atoms with Gasteiger partial charge in [0.2, 0.25) is 0 Å². The van der Waals surface area contributed by atoms with E-state index in [1.807, 2.05) is 30.3 Å². The second kappa shape index (κ2) is 11.2. The van der Waals surface area contributed by atoms with Crippen molar-refractivity contribution >= 4 is 15.0 Å². The van der Waals surface area contributed by atoms with Crippen molar-refractivity contribution in [3.8, 4) is 17.2 Å². The van der Waals surface area contributed by atoms with Crippen LogP contribution < -0.4 is 14.2 Å². The van der Waals surface area contributed by atoms with Crippen LogP contribution in [0.5, 0.6) is 17.2 Å². The molecule has 4 rings (SSSR count). The van der Waals surface area contributed by atoms with Crippen molar-refractivity contribution in [3.05, 3.63) is 89.0 Å². The molecule has 3 aromatic rings. The molecular weight excluding hydrogens is 532 g/mol.